The van der Waals surface area contributed by atoms with E-state index in [1.807, 2.05) is 18.2 Å². The maximum Gasteiger partial charge on any atom is 0.338 e. The van der Waals surface area contributed by atoms with Crippen molar-refractivity contribution in [1.29, 1.82) is 0 Å². The molecule has 0 bridgehead atoms. The standard InChI is InChI=1S/C29H23FN4O5/c30-20-3-1-2-18(12-20)15-37-28(35)26-22(7-4-17-5-9-24-25(13-17)39-16-38-24)33-29(36)34-27(26)19-6-8-21-23(14-19)32-11-10-31-21/h1-3,5-6,8-14,27H,4,7,15-16H2,(H2,33,34,36). The molecule has 2 amide bonds. The van der Waals surface area contributed by atoms with Crippen molar-refractivity contribution in [3.05, 3.63) is 107 Å². The molecule has 9 nitrogen and oxygen atoms in total. The van der Waals surface area contributed by atoms with E-state index in [0.29, 0.717) is 52.2 Å². The molecule has 0 spiro atoms. The van der Waals surface area contributed by atoms with Gasteiger partial charge in [-0.25, -0.2) is 14.0 Å². The number of aromatic nitrogens is 2. The molecule has 6 rings (SSSR count). The Morgan fingerprint density at radius 1 is 0.949 bits per heavy atom. The number of ether oxygens (including phenoxy) is 3. The van der Waals surface area contributed by atoms with Crippen LogP contribution in [0.3, 0.4) is 0 Å². The summed E-state index contributed by atoms with van der Waals surface area (Å²) in [6.07, 6.45) is 4.04. The Hall–Kier alpha value is -4.99. The number of rotatable bonds is 7. The first kappa shape index (κ1) is 24.4. The summed E-state index contributed by atoms with van der Waals surface area (Å²) in [4.78, 5) is 35.0. The summed E-state index contributed by atoms with van der Waals surface area (Å²) in [6.45, 7) is 0.0458. The molecule has 1 atom stereocenters. The monoisotopic (exact) mass is 526 g/mol. The van der Waals surface area contributed by atoms with Crippen LogP contribution in [0.1, 0.15) is 29.2 Å². The lowest BCUT2D eigenvalue weighted by Crippen LogP contribution is -2.46. The summed E-state index contributed by atoms with van der Waals surface area (Å²) >= 11 is 0. The molecule has 196 valence electrons. The number of carbonyl (C=O) groups excluding carboxylic acids is 2. The number of benzene rings is 3. The number of hydrogen-bond donors (Lipinski definition) is 2. The quantitative estimate of drug-likeness (QED) is 0.342. The Kier molecular flexibility index (Phi) is 6.50. The maximum atomic E-state index is 13.7. The van der Waals surface area contributed by atoms with Gasteiger partial charge in [0.15, 0.2) is 11.5 Å². The number of amides is 2. The zero-order chi connectivity index (χ0) is 26.8. The number of hydrogen-bond acceptors (Lipinski definition) is 7. The van der Waals surface area contributed by atoms with Crippen molar-refractivity contribution >= 4 is 23.0 Å². The van der Waals surface area contributed by atoms with E-state index in [4.69, 9.17) is 14.2 Å². The fraction of sp³-hybridized carbons (Fsp3) is 0.172. The van der Waals surface area contributed by atoms with Crippen LogP contribution in [-0.2, 0) is 22.6 Å². The summed E-state index contributed by atoms with van der Waals surface area (Å²) in [5, 5.41) is 5.64. The van der Waals surface area contributed by atoms with Crippen molar-refractivity contribution in [2.45, 2.75) is 25.5 Å². The molecule has 0 saturated heterocycles. The van der Waals surface area contributed by atoms with Gasteiger partial charge in [0.25, 0.3) is 0 Å². The van der Waals surface area contributed by atoms with E-state index in [0.717, 1.165) is 5.56 Å². The van der Waals surface area contributed by atoms with Gasteiger partial charge in [-0.05, 0) is 65.9 Å². The van der Waals surface area contributed by atoms with Gasteiger partial charge in [0.1, 0.15) is 12.4 Å². The van der Waals surface area contributed by atoms with Gasteiger partial charge >= 0.3 is 12.0 Å². The average molecular weight is 527 g/mol. The first-order valence-corrected chi connectivity index (χ1v) is 12.3. The lowest BCUT2D eigenvalue weighted by atomic mass is 9.92. The van der Waals surface area contributed by atoms with E-state index in [-0.39, 0.29) is 19.0 Å². The molecule has 0 fully saturated rings. The largest absolute Gasteiger partial charge is 0.457 e. The summed E-state index contributed by atoms with van der Waals surface area (Å²) < 4.78 is 30.2. The van der Waals surface area contributed by atoms with Gasteiger partial charge in [0, 0.05) is 18.1 Å². The predicted molar refractivity (Wildman–Crippen MR) is 138 cm³/mol. The van der Waals surface area contributed by atoms with Crippen LogP contribution in [-0.4, -0.2) is 28.8 Å². The zero-order valence-electron chi connectivity index (χ0n) is 20.6. The van der Waals surface area contributed by atoms with Gasteiger partial charge < -0.3 is 24.8 Å². The number of aryl methyl sites for hydroxylation is 1. The molecule has 0 radical (unpaired) electrons. The first-order chi connectivity index (χ1) is 19.0. The highest BCUT2D eigenvalue weighted by molar-refractivity contribution is 5.95. The molecule has 1 unspecified atom stereocenters. The molecule has 2 aliphatic heterocycles. The Morgan fingerprint density at radius 2 is 1.79 bits per heavy atom. The molecule has 2 aliphatic rings. The minimum absolute atomic E-state index is 0.126. The predicted octanol–water partition coefficient (Wildman–Crippen LogP) is 4.48. The van der Waals surface area contributed by atoms with Crippen LogP contribution in [0.15, 0.2) is 84.3 Å². The molecule has 39 heavy (non-hydrogen) atoms. The van der Waals surface area contributed by atoms with Crippen molar-refractivity contribution in [3.63, 3.8) is 0 Å². The van der Waals surface area contributed by atoms with E-state index >= 15 is 0 Å². The number of halogens is 1. The average Bonchev–Trinajstić information content (AvgIpc) is 3.42. The highest BCUT2D eigenvalue weighted by Gasteiger charge is 2.34. The third-order valence-corrected chi connectivity index (χ3v) is 6.56. The second kappa shape index (κ2) is 10.4. The number of nitrogens with one attached hydrogen (secondary N) is 2. The van der Waals surface area contributed by atoms with Crippen LogP contribution < -0.4 is 20.1 Å². The van der Waals surface area contributed by atoms with E-state index in [1.54, 1.807) is 42.7 Å². The van der Waals surface area contributed by atoms with Crippen molar-refractivity contribution in [3.8, 4) is 11.5 Å². The van der Waals surface area contributed by atoms with E-state index < -0.39 is 23.9 Å². The molecule has 3 heterocycles. The van der Waals surface area contributed by atoms with Gasteiger partial charge in [-0.15, -0.1) is 0 Å². The number of fused-ring (bicyclic) bond motifs is 2. The third-order valence-electron chi connectivity index (χ3n) is 6.56. The second-order valence-corrected chi connectivity index (χ2v) is 9.12. The number of esters is 1. The molecule has 10 heteroatoms. The number of allylic oxidation sites excluding steroid dienone is 1. The summed E-state index contributed by atoms with van der Waals surface area (Å²) in [7, 11) is 0. The Labute approximate surface area is 222 Å². The zero-order valence-corrected chi connectivity index (χ0v) is 20.6. The smallest absolute Gasteiger partial charge is 0.338 e. The molecule has 0 saturated carbocycles. The van der Waals surface area contributed by atoms with Crippen LogP contribution in [0.5, 0.6) is 11.5 Å². The van der Waals surface area contributed by atoms with Crippen molar-refractivity contribution < 1.29 is 28.2 Å². The molecular formula is C29H23FN4O5. The Morgan fingerprint density at radius 3 is 2.67 bits per heavy atom. The van der Waals surface area contributed by atoms with Crippen LogP contribution in [0.25, 0.3) is 11.0 Å². The number of nitrogens with zero attached hydrogens (tertiary/aromatic N) is 2. The first-order valence-electron chi connectivity index (χ1n) is 12.3. The minimum Gasteiger partial charge on any atom is -0.457 e. The molecular weight excluding hydrogens is 503 g/mol. The Bertz CT molecular complexity index is 1620. The van der Waals surface area contributed by atoms with Crippen LogP contribution >= 0.6 is 0 Å². The SMILES string of the molecule is O=C1NC(CCc2ccc3c(c2)OCO3)=C(C(=O)OCc2cccc(F)c2)C(c2ccc3nccnc3c2)N1. The molecule has 2 N–H and O–H groups in total. The lowest BCUT2D eigenvalue weighted by molar-refractivity contribution is -0.140. The molecule has 0 aliphatic carbocycles. The lowest BCUT2D eigenvalue weighted by Gasteiger charge is -2.29. The topological polar surface area (TPSA) is 112 Å². The van der Waals surface area contributed by atoms with Crippen LogP contribution in [0.2, 0.25) is 0 Å². The molecule has 3 aromatic carbocycles. The normalized spacial score (nSPS) is 16.1. The maximum absolute atomic E-state index is 13.7. The molecule has 4 aromatic rings. The van der Waals surface area contributed by atoms with Gasteiger partial charge in [-0.1, -0.05) is 24.3 Å². The number of carbonyl (C=O) groups is 2. The van der Waals surface area contributed by atoms with E-state index in [1.165, 1.54) is 12.1 Å². The van der Waals surface area contributed by atoms with Crippen molar-refractivity contribution in [2.75, 3.05) is 6.79 Å². The van der Waals surface area contributed by atoms with Crippen LogP contribution in [0.4, 0.5) is 9.18 Å². The van der Waals surface area contributed by atoms with E-state index in [2.05, 4.69) is 20.6 Å². The summed E-state index contributed by atoms with van der Waals surface area (Å²) in [5.74, 6) is 0.278. The fourth-order valence-corrected chi connectivity index (χ4v) is 4.69. The van der Waals surface area contributed by atoms with Gasteiger partial charge in [-0.3, -0.25) is 9.97 Å². The minimum atomic E-state index is -0.795. The van der Waals surface area contributed by atoms with Crippen LogP contribution in [0, 0.1) is 5.82 Å². The highest BCUT2D eigenvalue weighted by atomic mass is 19.1. The Balaban J connectivity index is 1.33. The van der Waals surface area contributed by atoms with Crippen molar-refractivity contribution in [1.82, 2.24) is 20.6 Å². The third kappa shape index (κ3) is 5.22. The van der Waals surface area contributed by atoms with Gasteiger partial charge in [-0.2, -0.15) is 0 Å². The van der Waals surface area contributed by atoms with Gasteiger partial charge in [0.05, 0.1) is 22.6 Å². The second-order valence-electron chi connectivity index (χ2n) is 9.12. The van der Waals surface area contributed by atoms with Crippen molar-refractivity contribution in [2.24, 2.45) is 0 Å². The van der Waals surface area contributed by atoms with E-state index in [9.17, 15) is 14.0 Å². The van der Waals surface area contributed by atoms with Gasteiger partial charge in [0.2, 0.25) is 6.79 Å². The highest BCUT2D eigenvalue weighted by Crippen LogP contribution is 2.34. The summed E-state index contributed by atoms with van der Waals surface area (Å²) in [5.41, 5.74) is 4.11. The molecule has 1 aromatic heterocycles. The number of urea groups is 1. The summed E-state index contributed by atoms with van der Waals surface area (Å²) in [6, 6.07) is 15.6. The fourth-order valence-electron chi connectivity index (χ4n) is 4.69.